The molecule has 1 aromatic rings. The summed E-state index contributed by atoms with van der Waals surface area (Å²) in [4.78, 5) is 19.3. The molecule has 112 valence electrons. The average Bonchev–Trinajstić information content (AvgIpc) is 2.81. The summed E-state index contributed by atoms with van der Waals surface area (Å²) >= 11 is 6.03. The van der Waals surface area contributed by atoms with Crippen LogP contribution in [0.2, 0.25) is 5.15 Å². The van der Waals surface area contributed by atoms with E-state index in [0.717, 1.165) is 25.2 Å². The Balaban J connectivity index is 2.05. The Morgan fingerprint density at radius 2 is 2.30 bits per heavy atom. The summed E-state index contributed by atoms with van der Waals surface area (Å²) in [5, 5.41) is 6.56. The predicted molar refractivity (Wildman–Crippen MR) is 77.2 cm³/mol. The Morgan fingerprint density at radius 3 is 2.90 bits per heavy atom. The van der Waals surface area contributed by atoms with Crippen molar-refractivity contribution in [2.75, 3.05) is 20.2 Å². The highest BCUT2D eigenvalue weighted by Gasteiger charge is 2.27. The van der Waals surface area contributed by atoms with Crippen molar-refractivity contribution in [3.05, 3.63) is 16.7 Å². The summed E-state index contributed by atoms with van der Waals surface area (Å²) in [5.74, 6) is 0.210. The number of piperidine rings is 1. The minimum absolute atomic E-state index is 0.0138. The molecule has 0 saturated carbocycles. The number of aromatic amines is 1. The van der Waals surface area contributed by atoms with E-state index in [1.165, 1.54) is 0 Å². The fourth-order valence-corrected chi connectivity index (χ4v) is 2.69. The molecule has 7 heteroatoms. The number of hydrogen-bond donors (Lipinski definition) is 3. The van der Waals surface area contributed by atoms with Crippen molar-refractivity contribution < 1.29 is 9.53 Å². The average molecular weight is 301 g/mol. The summed E-state index contributed by atoms with van der Waals surface area (Å²) in [7, 11) is 1.65. The predicted octanol–water partition coefficient (Wildman–Crippen LogP) is 1.29. The minimum Gasteiger partial charge on any atom is -0.378 e. The third kappa shape index (κ3) is 3.31. The van der Waals surface area contributed by atoms with Gasteiger partial charge in [-0.25, -0.2) is 4.98 Å². The molecular formula is C13H21ClN4O2. The van der Waals surface area contributed by atoms with Crippen LogP contribution in [0, 0.1) is 0 Å². The zero-order chi connectivity index (χ0) is 14.7. The van der Waals surface area contributed by atoms with Gasteiger partial charge in [-0.3, -0.25) is 4.79 Å². The van der Waals surface area contributed by atoms with Gasteiger partial charge < -0.3 is 20.4 Å². The lowest BCUT2D eigenvalue weighted by Crippen LogP contribution is -2.53. The van der Waals surface area contributed by atoms with Crippen LogP contribution in [0.15, 0.2) is 0 Å². The maximum absolute atomic E-state index is 12.2. The zero-order valence-electron chi connectivity index (χ0n) is 12.0. The van der Waals surface area contributed by atoms with Crippen molar-refractivity contribution in [2.24, 2.45) is 0 Å². The smallest absolute Gasteiger partial charge is 0.287 e. The molecule has 1 aliphatic rings. The molecule has 2 atom stereocenters. The number of H-pyrrole nitrogens is 1. The second kappa shape index (κ2) is 6.56. The molecule has 3 N–H and O–H groups in total. The Bertz CT molecular complexity index is 475. The Morgan fingerprint density at radius 1 is 1.55 bits per heavy atom. The number of methoxy groups -OCH3 is 1. The Hall–Kier alpha value is -1.11. The van der Waals surface area contributed by atoms with Gasteiger partial charge in [0.2, 0.25) is 0 Å². The highest BCUT2D eigenvalue weighted by Crippen LogP contribution is 2.21. The van der Waals surface area contributed by atoms with Gasteiger partial charge in [-0.05, 0) is 18.9 Å². The minimum atomic E-state index is -0.243. The van der Waals surface area contributed by atoms with Crippen LogP contribution < -0.4 is 10.6 Å². The van der Waals surface area contributed by atoms with E-state index in [1.54, 1.807) is 7.11 Å². The monoisotopic (exact) mass is 300 g/mol. The third-order valence-electron chi connectivity index (χ3n) is 3.52. The third-order valence-corrected chi connectivity index (χ3v) is 3.81. The lowest BCUT2D eigenvalue weighted by molar-refractivity contribution is 0.0473. The van der Waals surface area contributed by atoms with Gasteiger partial charge in [0, 0.05) is 13.7 Å². The molecule has 0 radical (unpaired) electrons. The summed E-state index contributed by atoms with van der Waals surface area (Å²) in [5.41, 5.74) is 0.783. The van der Waals surface area contributed by atoms with Crippen molar-refractivity contribution in [1.29, 1.82) is 0 Å². The van der Waals surface area contributed by atoms with Gasteiger partial charge in [0.25, 0.3) is 5.91 Å². The SMILES string of the molecule is COC1CNCCC1NC(=O)c1nc(Cl)c(C(C)C)[nH]1. The first-order chi connectivity index (χ1) is 9.52. The van der Waals surface area contributed by atoms with E-state index in [1.807, 2.05) is 13.8 Å². The van der Waals surface area contributed by atoms with Crippen molar-refractivity contribution in [3.8, 4) is 0 Å². The van der Waals surface area contributed by atoms with Gasteiger partial charge in [-0.1, -0.05) is 25.4 Å². The molecule has 1 fully saturated rings. The largest absolute Gasteiger partial charge is 0.378 e. The molecule has 20 heavy (non-hydrogen) atoms. The number of ether oxygens (including phenoxy) is 1. The zero-order valence-corrected chi connectivity index (χ0v) is 12.8. The van der Waals surface area contributed by atoms with Crippen LogP contribution in [-0.2, 0) is 4.74 Å². The molecule has 1 aliphatic heterocycles. The molecule has 0 aromatic carbocycles. The normalized spacial score (nSPS) is 23.1. The topological polar surface area (TPSA) is 79.0 Å². The molecule has 1 amide bonds. The standard InChI is InChI=1S/C13H21ClN4O2/c1-7(2)10-11(14)18-12(17-10)13(19)16-8-4-5-15-6-9(8)20-3/h7-9,15H,4-6H2,1-3H3,(H,16,19)(H,17,18). The maximum Gasteiger partial charge on any atom is 0.287 e. The Kier molecular flexibility index (Phi) is 5.01. The highest BCUT2D eigenvalue weighted by molar-refractivity contribution is 6.30. The van der Waals surface area contributed by atoms with E-state index in [-0.39, 0.29) is 29.8 Å². The van der Waals surface area contributed by atoms with Crippen LogP contribution >= 0.6 is 11.6 Å². The van der Waals surface area contributed by atoms with Gasteiger partial charge in [0.1, 0.15) is 0 Å². The van der Waals surface area contributed by atoms with Crippen LogP contribution in [0.1, 0.15) is 42.5 Å². The van der Waals surface area contributed by atoms with Crippen LogP contribution in [0.3, 0.4) is 0 Å². The van der Waals surface area contributed by atoms with Crippen LogP contribution in [0.25, 0.3) is 0 Å². The number of nitrogens with zero attached hydrogens (tertiary/aromatic N) is 1. The maximum atomic E-state index is 12.2. The number of halogens is 1. The first kappa shape index (κ1) is 15.3. The number of hydrogen-bond acceptors (Lipinski definition) is 4. The molecule has 6 nitrogen and oxygen atoms in total. The number of rotatable bonds is 4. The molecule has 0 aliphatic carbocycles. The number of nitrogens with one attached hydrogen (secondary N) is 3. The van der Waals surface area contributed by atoms with E-state index >= 15 is 0 Å². The van der Waals surface area contributed by atoms with Gasteiger partial charge in [-0.15, -0.1) is 0 Å². The molecule has 2 rings (SSSR count). The number of aromatic nitrogens is 2. The number of imidazole rings is 1. The van der Waals surface area contributed by atoms with Gasteiger partial charge in [0.05, 0.1) is 17.8 Å². The molecule has 0 spiro atoms. The van der Waals surface area contributed by atoms with E-state index in [4.69, 9.17) is 16.3 Å². The summed E-state index contributed by atoms with van der Waals surface area (Å²) < 4.78 is 5.37. The van der Waals surface area contributed by atoms with E-state index in [2.05, 4.69) is 20.6 Å². The Labute approximate surface area is 123 Å². The van der Waals surface area contributed by atoms with Crippen molar-refractivity contribution in [2.45, 2.75) is 38.3 Å². The quantitative estimate of drug-likeness (QED) is 0.783. The summed E-state index contributed by atoms with van der Waals surface area (Å²) in [6.45, 7) is 5.59. The molecule has 2 heterocycles. The first-order valence-corrected chi connectivity index (χ1v) is 7.20. The highest BCUT2D eigenvalue weighted by atomic mass is 35.5. The molecule has 1 saturated heterocycles. The van der Waals surface area contributed by atoms with Crippen molar-refractivity contribution >= 4 is 17.5 Å². The lowest BCUT2D eigenvalue weighted by atomic mass is 10.0. The van der Waals surface area contributed by atoms with Gasteiger partial charge in [0.15, 0.2) is 11.0 Å². The number of carbonyl (C=O) groups is 1. The van der Waals surface area contributed by atoms with Crippen molar-refractivity contribution in [1.82, 2.24) is 20.6 Å². The molecular weight excluding hydrogens is 280 g/mol. The van der Waals surface area contributed by atoms with Crippen LogP contribution in [0.4, 0.5) is 0 Å². The van der Waals surface area contributed by atoms with E-state index in [0.29, 0.717) is 5.15 Å². The first-order valence-electron chi connectivity index (χ1n) is 6.82. The number of carbonyl (C=O) groups excluding carboxylic acids is 1. The molecule has 0 bridgehead atoms. The second-order valence-electron chi connectivity index (χ2n) is 5.29. The lowest BCUT2D eigenvalue weighted by Gasteiger charge is -2.31. The van der Waals surface area contributed by atoms with E-state index < -0.39 is 0 Å². The molecule has 1 aromatic heterocycles. The fourth-order valence-electron chi connectivity index (χ4n) is 2.34. The number of amides is 1. The second-order valence-corrected chi connectivity index (χ2v) is 5.65. The van der Waals surface area contributed by atoms with Gasteiger partial charge in [-0.2, -0.15) is 0 Å². The van der Waals surface area contributed by atoms with E-state index in [9.17, 15) is 4.79 Å². The van der Waals surface area contributed by atoms with Gasteiger partial charge >= 0.3 is 0 Å². The summed E-state index contributed by atoms with van der Waals surface area (Å²) in [6, 6.07) is -0.0138. The molecule has 2 unspecified atom stereocenters. The fraction of sp³-hybridized carbons (Fsp3) is 0.692. The van der Waals surface area contributed by atoms with Crippen LogP contribution in [-0.4, -0.2) is 48.2 Å². The summed E-state index contributed by atoms with van der Waals surface area (Å²) in [6.07, 6.45) is 0.804. The van der Waals surface area contributed by atoms with Crippen molar-refractivity contribution in [3.63, 3.8) is 0 Å². The van der Waals surface area contributed by atoms with Crippen LogP contribution in [0.5, 0.6) is 0 Å².